The Kier molecular flexibility index (Phi) is 7.10. The summed E-state index contributed by atoms with van der Waals surface area (Å²) in [5.41, 5.74) is 2.83. The number of aryl methyl sites for hydroxylation is 1. The number of benzene rings is 2. The van der Waals surface area contributed by atoms with Crippen LogP contribution in [-0.4, -0.2) is 29.2 Å². The molecule has 0 saturated carbocycles. The minimum Gasteiger partial charge on any atom is -0.493 e. The van der Waals surface area contributed by atoms with E-state index < -0.39 is 0 Å². The molecule has 1 fully saturated rings. The first kappa shape index (κ1) is 22.2. The fourth-order valence-corrected chi connectivity index (χ4v) is 4.32. The molecule has 0 unspecified atom stereocenters. The van der Waals surface area contributed by atoms with Gasteiger partial charge in [-0.05, 0) is 61.4 Å². The van der Waals surface area contributed by atoms with Gasteiger partial charge in [-0.3, -0.25) is 14.5 Å². The van der Waals surface area contributed by atoms with Crippen LogP contribution in [0.25, 0.3) is 6.08 Å². The summed E-state index contributed by atoms with van der Waals surface area (Å²) in [6.07, 6.45) is 2.37. The summed E-state index contributed by atoms with van der Waals surface area (Å²) in [4.78, 5) is 26.5. The third-order valence-corrected chi connectivity index (χ3v) is 6.03. The topological polar surface area (TPSA) is 55.8 Å². The Morgan fingerprint density at radius 3 is 2.67 bits per heavy atom. The largest absolute Gasteiger partial charge is 0.493 e. The molecule has 5 nitrogen and oxygen atoms in total. The quantitative estimate of drug-likeness (QED) is 0.484. The minimum atomic E-state index is -0.283. The molecular weight excluding hydrogens is 422 g/mol. The van der Waals surface area contributed by atoms with E-state index >= 15 is 0 Å². The zero-order valence-electron chi connectivity index (χ0n) is 17.4. The van der Waals surface area contributed by atoms with Crippen molar-refractivity contribution in [3.63, 3.8) is 0 Å². The van der Waals surface area contributed by atoms with Crippen LogP contribution in [0.4, 0.5) is 4.79 Å². The fourth-order valence-electron chi connectivity index (χ4n) is 3.11. The molecule has 0 aliphatic carbocycles. The first-order chi connectivity index (χ1) is 14.3. The van der Waals surface area contributed by atoms with E-state index in [1.807, 2.05) is 45.0 Å². The summed E-state index contributed by atoms with van der Waals surface area (Å²) < 4.78 is 11.4. The highest BCUT2D eigenvalue weighted by Crippen LogP contribution is 2.39. The SMILES string of the molecule is CC[C@@H](C)N1C(=O)S/C(=C/c2cc(Cl)c(OCc3cccc(C)c3)c(OC)c2)C1=O. The molecule has 2 aromatic carbocycles. The second-order valence-corrected chi connectivity index (χ2v) is 8.52. The van der Waals surface area contributed by atoms with E-state index in [9.17, 15) is 9.59 Å². The Balaban J connectivity index is 1.84. The molecule has 158 valence electrons. The summed E-state index contributed by atoms with van der Waals surface area (Å²) in [6.45, 7) is 6.18. The third-order valence-electron chi connectivity index (χ3n) is 4.87. The summed E-state index contributed by atoms with van der Waals surface area (Å²) in [5.74, 6) is 0.613. The highest BCUT2D eigenvalue weighted by atomic mass is 35.5. The van der Waals surface area contributed by atoms with Crippen LogP contribution in [-0.2, 0) is 11.4 Å². The Morgan fingerprint density at radius 1 is 1.23 bits per heavy atom. The molecule has 0 spiro atoms. The first-order valence-corrected chi connectivity index (χ1v) is 10.9. The number of amides is 2. The number of thioether (sulfide) groups is 1. The number of carbonyl (C=O) groups is 2. The lowest BCUT2D eigenvalue weighted by Gasteiger charge is -2.19. The van der Waals surface area contributed by atoms with Gasteiger partial charge in [0, 0.05) is 6.04 Å². The van der Waals surface area contributed by atoms with Gasteiger partial charge in [-0.25, -0.2) is 0 Å². The van der Waals surface area contributed by atoms with Gasteiger partial charge in [-0.2, -0.15) is 0 Å². The molecule has 1 aliphatic rings. The van der Waals surface area contributed by atoms with Crippen LogP contribution in [0.2, 0.25) is 5.02 Å². The van der Waals surface area contributed by atoms with Gasteiger partial charge < -0.3 is 9.47 Å². The van der Waals surface area contributed by atoms with Crippen LogP contribution in [0.5, 0.6) is 11.5 Å². The maximum atomic E-state index is 12.6. The van der Waals surface area contributed by atoms with Crippen LogP contribution >= 0.6 is 23.4 Å². The molecule has 0 N–H and O–H groups in total. The van der Waals surface area contributed by atoms with Crippen LogP contribution in [0, 0.1) is 6.92 Å². The number of hydrogen-bond acceptors (Lipinski definition) is 5. The number of halogens is 1. The summed E-state index contributed by atoms with van der Waals surface area (Å²) >= 11 is 7.40. The summed E-state index contributed by atoms with van der Waals surface area (Å²) in [5, 5.41) is 0.117. The van der Waals surface area contributed by atoms with Crippen molar-refractivity contribution in [2.24, 2.45) is 0 Å². The lowest BCUT2D eigenvalue weighted by molar-refractivity contribution is -0.124. The van der Waals surface area contributed by atoms with E-state index in [-0.39, 0.29) is 17.2 Å². The van der Waals surface area contributed by atoms with Gasteiger partial charge in [0.1, 0.15) is 6.61 Å². The van der Waals surface area contributed by atoms with Crippen molar-refractivity contribution in [2.75, 3.05) is 7.11 Å². The number of ether oxygens (including phenoxy) is 2. The third kappa shape index (κ3) is 4.82. The average Bonchev–Trinajstić information content (AvgIpc) is 2.99. The Morgan fingerprint density at radius 2 is 2.00 bits per heavy atom. The molecule has 2 aromatic rings. The van der Waals surface area contributed by atoms with Gasteiger partial charge in [0.15, 0.2) is 11.5 Å². The van der Waals surface area contributed by atoms with E-state index in [0.29, 0.717) is 40.0 Å². The van der Waals surface area contributed by atoms with Crippen molar-refractivity contribution in [1.29, 1.82) is 0 Å². The predicted molar refractivity (Wildman–Crippen MR) is 121 cm³/mol. The second-order valence-electron chi connectivity index (χ2n) is 7.12. The number of rotatable bonds is 7. The fraction of sp³-hybridized carbons (Fsp3) is 0.304. The van der Waals surface area contributed by atoms with E-state index in [4.69, 9.17) is 21.1 Å². The zero-order chi connectivity index (χ0) is 21.8. The van der Waals surface area contributed by atoms with E-state index in [1.54, 1.807) is 18.2 Å². The molecule has 0 bridgehead atoms. The summed E-state index contributed by atoms with van der Waals surface area (Å²) in [7, 11) is 1.53. The Labute approximate surface area is 186 Å². The maximum absolute atomic E-state index is 12.6. The van der Waals surface area contributed by atoms with Crippen molar-refractivity contribution in [3.8, 4) is 11.5 Å². The van der Waals surface area contributed by atoms with Gasteiger partial charge in [-0.1, -0.05) is 48.4 Å². The molecule has 1 atom stereocenters. The molecule has 1 aliphatic heterocycles. The molecule has 1 saturated heterocycles. The van der Waals surface area contributed by atoms with Crippen LogP contribution in [0.1, 0.15) is 37.0 Å². The molecule has 2 amide bonds. The van der Waals surface area contributed by atoms with Crippen molar-refractivity contribution >= 4 is 40.6 Å². The highest BCUT2D eigenvalue weighted by molar-refractivity contribution is 8.18. The molecule has 0 aromatic heterocycles. The van der Waals surface area contributed by atoms with Gasteiger partial charge in [0.25, 0.3) is 11.1 Å². The van der Waals surface area contributed by atoms with Crippen LogP contribution in [0.3, 0.4) is 0 Å². The van der Waals surface area contributed by atoms with Gasteiger partial charge in [0.05, 0.1) is 17.0 Å². The van der Waals surface area contributed by atoms with Crippen molar-refractivity contribution in [1.82, 2.24) is 4.90 Å². The monoisotopic (exact) mass is 445 g/mol. The summed E-state index contributed by atoms with van der Waals surface area (Å²) in [6, 6.07) is 11.3. The number of hydrogen-bond donors (Lipinski definition) is 0. The van der Waals surface area contributed by atoms with E-state index in [2.05, 4.69) is 0 Å². The number of imide groups is 1. The number of methoxy groups -OCH3 is 1. The van der Waals surface area contributed by atoms with Crippen LogP contribution in [0.15, 0.2) is 41.3 Å². The molecular formula is C23H24ClNO4S. The molecule has 30 heavy (non-hydrogen) atoms. The van der Waals surface area contributed by atoms with Crippen molar-refractivity contribution in [2.45, 2.75) is 39.8 Å². The van der Waals surface area contributed by atoms with Crippen molar-refractivity contribution < 1.29 is 19.1 Å². The molecule has 7 heteroatoms. The Bertz CT molecular complexity index is 1000. The van der Waals surface area contributed by atoms with Crippen LogP contribution < -0.4 is 9.47 Å². The molecule has 1 heterocycles. The van der Waals surface area contributed by atoms with Crippen molar-refractivity contribution in [3.05, 3.63) is 63.0 Å². The lowest BCUT2D eigenvalue weighted by Crippen LogP contribution is -2.36. The normalized spacial score (nSPS) is 16.3. The van der Waals surface area contributed by atoms with Gasteiger partial charge in [-0.15, -0.1) is 0 Å². The first-order valence-electron chi connectivity index (χ1n) is 9.67. The minimum absolute atomic E-state index is 0.140. The number of nitrogens with zero attached hydrogens (tertiary/aromatic N) is 1. The van der Waals surface area contributed by atoms with E-state index in [1.165, 1.54) is 12.0 Å². The lowest BCUT2D eigenvalue weighted by atomic mass is 10.1. The molecule has 0 radical (unpaired) electrons. The van der Waals surface area contributed by atoms with Gasteiger partial charge in [0.2, 0.25) is 0 Å². The average molecular weight is 446 g/mol. The van der Waals surface area contributed by atoms with E-state index in [0.717, 1.165) is 22.9 Å². The van der Waals surface area contributed by atoms with Gasteiger partial charge >= 0.3 is 0 Å². The second kappa shape index (κ2) is 9.58. The smallest absolute Gasteiger partial charge is 0.293 e. The molecule has 3 rings (SSSR count). The highest BCUT2D eigenvalue weighted by Gasteiger charge is 2.37. The standard InChI is InChI=1S/C23H24ClNO4S/c1-5-15(3)25-22(26)20(30-23(25)27)12-17-10-18(24)21(19(11-17)28-4)29-13-16-8-6-7-14(2)9-16/h6-12,15H,5,13H2,1-4H3/b20-12+/t15-/m1/s1. The zero-order valence-corrected chi connectivity index (χ0v) is 19.0. The predicted octanol–water partition coefficient (Wildman–Crippen LogP) is 6.07. The Hall–Kier alpha value is -2.44. The number of carbonyl (C=O) groups excluding carboxylic acids is 2. The maximum Gasteiger partial charge on any atom is 0.293 e.